The van der Waals surface area contributed by atoms with Gasteiger partial charge in [-0.2, -0.15) is 13.2 Å². The molecule has 3 aromatic carbocycles. The monoisotopic (exact) mass is 640 g/mol. The van der Waals surface area contributed by atoms with Crippen molar-refractivity contribution in [1.29, 1.82) is 0 Å². The summed E-state index contributed by atoms with van der Waals surface area (Å²) in [6.45, 7) is 2.23. The van der Waals surface area contributed by atoms with Gasteiger partial charge in [0.05, 0.1) is 31.3 Å². The Morgan fingerprint density at radius 1 is 0.978 bits per heavy atom. The molecule has 0 atom stereocenters. The molecule has 2 amide bonds. The highest BCUT2D eigenvalue weighted by molar-refractivity contribution is 6.39. The summed E-state index contributed by atoms with van der Waals surface area (Å²) in [6.07, 6.45) is -0.963. The normalized spacial score (nSPS) is 14.2. The molecular formula is C33H32F4N4O5. The third-order valence-electron chi connectivity index (χ3n) is 7.82. The Balaban J connectivity index is 1.37. The highest BCUT2D eigenvalue weighted by atomic mass is 19.4. The van der Waals surface area contributed by atoms with Crippen LogP contribution in [0.1, 0.15) is 24.0 Å². The minimum atomic E-state index is -4.55. The molecule has 1 fully saturated rings. The SMILES string of the molecule is COc1cc2c(Oc3ccc(N(Cc4ccc(C(F)(F)F)cc4)C(=O)C(N)=O)cc3F)ccnc2cc1OCC1CCN(C)CC1. The van der Waals surface area contributed by atoms with E-state index < -0.39 is 29.4 Å². The molecule has 242 valence electrons. The second-order valence-electron chi connectivity index (χ2n) is 11.1. The van der Waals surface area contributed by atoms with Gasteiger partial charge in [0.15, 0.2) is 23.1 Å². The first kappa shape index (κ1) is 32.5. The summed E-state index contributed by atoms with van der Waals surface area (Å²) in [5.74, 6) is -1.88. The smallest absolute Gasteiger partial charge is 0.416 e. The number of carbonyl (C=O) groups excluding carboxylic acids is 2. The third-order valence-corrected chi connectivity index (χ3v) is 7.82. The van der Waals surface area contributed by atoms with Crippen molar-refractivity contribution in [1.82, 2.24) is 9.88 Å². The van der Waals surface area contributed by atoms with Gasteiger partial charge in [0.1, 0.15) is 5.75 Å². The number of anilines is 1. The van der Waals surface area contributed by atoms with E-state index in [1.54, 1.807) is 18.2 Å². The predicted molar refractivity (Wildman–Crippen MR) is 162 cm³/mol. The predicted octanol–water partition coefficient (Wildman–Crippen LogP) is 5.93. The summed E-state index contributed by atoms with van der Waals surface area (Å²) >= 11 is 0. The van der Waals surface area contributed by atoms with Crippen LogP contribution in [0, 0.1) is 11.7 Å². The number of aromatic nitrogens is 1. The topological polar surface area (TPSA) is 107 Å². The van der Waals surface area contributed by atoms with Gasteiger partial charge < -0.3 is 24.8 Å². The number of piperidine rings is 1. The number of likely N-dealkylation sites (tertiary alicyclic amines) is 1. The number of methoxy groups -OCH3 is 1. The molecule has 1 aliphatic heterocycles. The van der Waals surface area contributed by atoms with Crippen LogP contribution in [0.4, 0.5) is 23.2 Å². The van der Waals surface area contributed by atoms with Crippen molar-refractivity contribution >= 4 is 28.4 Å². The fourth-order valence-corrected chi connectivity index (χ4v) is 5.18. The number of nitrogens with zero attached hydrogens (tertiary/aromatic N) is 3. The van der Waals surface area contributed by atoms with Crippen LogP contribution in [-0.2, 0) is 22.3 Å². The van der Waals surface area contributed by atoms with Crippen molar-refractivity contribution in [2.45, 2.75) is 25.6 Å². The second-order valence-corrected chi connectivity index (χ2v) is 11.1. The van der Waals surface area contributed by atoms with Gasteiger partial charge in [0.2, 0.25) is 0 Å². The fourth-order valence-electron chi connectivity index (χ4n) is 5.18. The zero-order valence-electron chi connectivity index (χ0n) is 25.1. The number of amides is 2. The maximum absolute atomic E-state index is 15.4. The number of nitrogens with two attached hydrogens (primary N) is 1. The summed E-state index contributed by atoms with van der Waals surface area (Å²) in [7, 11) is 3.62. The molecule has 1 aliphatic rings. The largest absolute Gasteiger partial charge is 0.493 e. The summed E-state index contributed by atoms with van der Waals surface area (Å²) in [5, 5.41) is 0.530. The Kier molecular flexibility index (Phi) is 9.61. The van der Waals surface area contributed by atoms with Gasteiger partial charge in [-0.05, 0) is 80.9 Å². The molecule has 2 N–H and O–H groups in total. The lowest BCUT2D eigenvalue weighted by molar-refractivity contribution is -0.137. The molecule has 2 heterocycles. The van der Waals surface area contributed by atoms with Gasteiger partial charge in [-0.1, -0.05) is 12.1 Å². The van der Waals surface area contributed by atoms with Gasteiger partial charge in [-0.15, -0.1) is 0 Å². The number of alkyl halides is 3. The van der Waals surface area contributed by atoms with Gasteiger partial charge in [-0.3, -0.25) is 19.5 Å². The molecule has 0 bridgehead atoms. The van der Waals surface area contributed by atoms with E-state index in [2.05, 4.69) is 16.9 Å². The number of fused-ring (bicyclic) bond motifs is 1. The number of halogens is 4. The maximum atomic E-state index is 15.4. The number of carbonyl (C=O) groups is 2. The van der Waals surface area contributed by atoms with Crippen LogP contribution < -0.4 is 24.8 Å². The number of pyridine rings is 1. The molecule has 0 radical (unpaired) electrons. The summed E-state index contributed by atoms with van der Waals surface area (Å²) in [4.78, 5) is 32.0. The Morgan fingerprint density at radius 2 is 1.70 bits per heavy atom. The number of hydrogen-bond donors (Lipinski definition) is 1. The highest BCUT2D eigenvalue weighted by Crippen LogP contribution is 2.38. The average molecular weight is 641 g/mol. The van der Waals surface area contributed by atoms with E-state index in [-0.39, 0.29) is 29.3 Å². The van der Waals surface area contributed by atoms with Crippen LogP contribution >= 0.6 is 0 Å². The van der Waals surface area contributed by atoms with Crippen molar-refractivity contribution in [3.05, 3.63) is 83.8 Å². The van der Waals surface area contributed by atoms with Crippen LogP contribution in [0.15, 0.2) is 66.9 Å². The lowest BCUT2D eigenvalue weighted by Gasteiger charge is -2.28. The third kappa shape index (κ3) is 7.48. The quantitative estimate of drug-likeness (QED) is 0.179. The van der Waals surface area contributed by atoms with E-state index in [9.17, 15) is 22.8 Å². The minimum absolute atomic E-state index is 0.0544. The summed E-state index contributed by atoms with van der Waals surface area (Å²) in [5.41, 5.74) is 5.06. The van der Waals surface area contributed by atoms with Gasteiger partial charge in [0.25, 0.3) is 0 Å². The number of primary amides is 1. The molecule has 9 nitrogen and oxygen atoms in total. The molecule has 0 saturated carbocycles. The lowest BCUT2D eigenvalue weighted by Crippen LogP contribution is -2.40. The first-order chi connectivity index (χ1) is 21.9. The van der Waals surface area contributed by atoms with Crippen molar-refractivity contribution in [2.24, 2.45) is 11.7 Å². The van der Waals surface area contributed by atoms with Crippen molar-refractivity contribution in [3.8, 4) is 23.0 Å². The summed E-state index contributed by atoms with van der Waals surface area (Å²) in [6, 6.07) is 12.6. The fraction of sp³-hybridized carbons (Fsp3) is 0.303. The molecule has 1 aromatic heterocycles. The first-order valence-electron chi connectivity index (χ1n) is 14.5. The van der Waals surface area contributed by atoms with Crippen LogP contribution in [0.5, 0.6) is 23.0 Å². The minimum Gasteiger partial charge on any atom is -0.493 e. The molecule has 0 aliphatic carbocycles. The zero-order chi connectivity index (χ0) is 33.0. The number of hydrogen-bond acceptors (Lipinski definition) is 7. The molecular weight excluding hydrogens is 608 g/mol. The van der Waals surface area contributed by atoms with E-state index in [0.717, 1.165) is 61.2 Å². The van der Waals surface area contributed by atoms with Crippen LogP contribution in [0.3, 0.4) is 0 Å². The zero-order valence-corrected chi connectivity index (χ0v) is 25.1. The van der Waals surface area contributed by atoms with E-state index in [1.165, 1.54) is 25.4 Å². The van der Waals surface area contributed by atoms with Crippen LogP contribution in [0.25, 0.3) is 10.9 Å². The number of rotatable bonds is 9. The molecule has 4 aromatic rings. The van der Waals surface area contributed by atoms with E-state index >= 15 is 4.39 Å². The van der Waals surface area contributed by atoms with Crippen molar-refractivity contribution in [3.63, 3.8) is 0 Å². The van der Waals surface area contributed by atoms with Crippen molar-refractivity contribution < 1.29 is 41.4 Å². The molecule has 13 heteroatoms. The number of ether oxygens (including phenoxy) is 3. The summed E-state index contributed by atoms with van der Waals surface area (Å²) < 4.78 is 72.0. The second kappa shape index (κ2) is 13.6. The van der Waals surface area contributed by atoms with E-state index in [1.807, 2.05) is 0 Å². The average Bonchev–Trinajstić information content (AvgIpc) is 3.03. The molecule has 0 spiro atoms. The number of benzene rings is 3. The standard InChI is InChI=1S/C33H32F4N4O5/c1-40-13-10-21(11-14-40)19-45-30-17-26-24(16-29(30)44-2)27(9-12-39-26)46-28-8-7-23(15-25(28)34)41(32(43)31(38)42)18-20-3-5-22(6-4-20)33(35,36)37/h3-9,12,15-17,21H,10-11,13-14,18-19H2,1-2H3,(H2,38,42). The molecule has 1 saturated heterocycles. The van der Waals surface area contributed by atoms with Crippen LogP contribution in [-0.4, -0.2) is 55.6 Å². The Bertz CT molecular complexity index is 1720. The maximum Gasteiger partial charge on any atom is 0.416 e. The first-order valence-corrected chi connectivity index (χ1v) is 14.5. The van der Waals surface area contributed by atoms with Gasteiger partial charge in [-0.25, -0.2) is 4.39 Å². The Morgan fingerprint density at radius 3 is 2.33 bits per heavy atom. The van der Waals surface area contributed by atoms with Crippen molar-refractivity contribution in [2.75, 3.05) is 38.8 Å². The lowest BCUT2D eigenvalue weighted by atomic mass is 9.98. The Hall–Kier alpha value is -4.91. The van der Waals surface area contributed by atoms with Gasteiger partial charge in [0, 0.05) is 29.4 Å². The highest BCUT2D eigenvalue weighted by Gasteiger charge is 2.30. The van der Waals surface area contributed by atoms with E-state index in [4.69, 9.17) is 19.9 Å². The van der Waals surface area contributed by atoms with Gasteiger partial charge >= 0.3 is 18.0 Å². The van der Waals surface area contributed by atoms with Crippen LogP contribution in [0.2, 0.25) is 0 Å². The molecule has 46 heavy (non-hydrogen) atoms. The molecule has 5 rings (SSSR count). The molecule has 0 unspecified atom stereocenters. The Labute approximate surface area is 262 Å². The van der Waals surface area contributed by atoms with E-state index in [0.29, 0.717) is 34.9 Å².